The second-order valence-corrected chi connectivity index (χ2v) is 5.64. The van der Waals surface area contributed by atoms with Crippen LogP contribution in [0.4, 0.5) is 0 Å². The van der Waals surface area contributed by atoms with Crippen molar-refractivity contribution < 1.29 is 4.74 Å². The van der Waals surface area contributed by atoms with Crippen LogP contribution in [0, 0.1) is 5.92 Å². The van der Waals surface area contributed by atoms with E-state index in [-0.39, 0.29) is 5.60 Å². The Kier molecular flexibility index (Phi) is 4.22. The Bertz CT molecular complexity index is 204. The molecular weight excluding hydrogens is 200 g/mol. The fourth-order valence-corrected chi connectivity index (χ4v) is 2.98. The first-order valence-electron chi connectivity index (χ1n) is 6.81. The average molecular weight is 226 g/mol. The maximum Gasteiger partial charge on any atom is 0.0859 e. The molecule has 16 heavy (non-hydrogen) atoms. The standard InChI is InChI=1S/C13H26N2O/c1-11(2)3-4-12-13(16-10-9-15-12)5-7-14-8-6-13/h11-12,14-15H,3-10H2,1-2H3. The molecule has 2 aliphatic heterocycles. The lowest BCUT2D eigenvalue weighted by Gasteiger charge is -2.47. The molecule has 2 N–H and O–H groups in total. The Morgan fingerprint density at radius 1 is 1.25 bits per heavy atom. The molecule has 0 aliphatic carbocycles. The first-order chi connectivity index (χ1) is 7.73. The quantitative estimate of drug-likeness (QED) is 0.766. The fraction of sp³-hybridized carbons (Fsp3) is 1.00. The minimum absolute atomic E-state index is 0.137. The molecule has 0 aromatic carbocycles. The SMILES string of the molecule is CC(C)CCC1NCCOC12CCNCC2. The van der Waals surface area contributed by atoms with Crippen LogP contribution >= 0.6 is 0 Å². The third-order valence-electron chi connectivity index (χ3n) is 4.00. The summed E-state index contributed by atoms with van der Waals surface area (Å²) in [5.74, 6) is 0.794. The third kappa shape index (κ3) is 2.76. The van der Waals surface area contributed by atoms with Gasteiger partial charge >= 0.3 is 0 Å². The predicted octanol–water partition coefficient (Wildman–Crippen LogP) is 1.53. The van der Waals surface area contributed by atoms with Crippen LogP contribution in [0.15, 0.2) is 0 Å². The zero-order valence-electron chi connectivity index (χ0n) is 10.7. The summed E-state index contributed by atoms with van der Waals surface area (Å²) >= 11 is 0. The Labute approximate surface area is 99.3 Å². The van der Waals surface area contributed by atoms with Crippen LogP contribution in [0.3, 0.4) is 0 Å². The second kappa shape index (κ2) is 5.48. The maximum atomic E-state index is 6.15. The van der Waals surface area contributed by atoms with Crippen LogP contribution in [-0.4, -0.2) is 37.9 Å². The van der Waals surface area contributed by atoms with Crippen LogP contribution in [0.25, 0.3) is 0 Å². The van der Waals surface area contributed by atoms with Crippen molar-refractivity contribution in [2.45, 2.75) is 51.2 Å². The summed E-state index contributed by atoms with van der Waals surface area (Å²) in [6.45, 7) is 8.74. The van der Waals surface area contributed by atoms with Crippen molar-refractivity contribution in [3.05, 3.63) is 0 Å². The largest absolute Gasteiger partial charge is 0.372 e. The Balaban J connectivity index is 1.95. The maximum absolute atomic E-state index is 6.15. The normalized spacial score (nSPS) is 29.8. The summed E-state index contributed by atoms with van der Waals surface area (Å²) in [5, 5.41) is 7.12. The Hall–Kier alpha value is -0.120. The number of hydrogen-bond donors (Lipinski definition) is 2. The molecule has 2 rings (SSSR count). The number of piperidine rings is 1. The summed E-state index contributed by atoms with van der Waals surface area (Å²) in [6.07, 6.45) is 4.90. The van der Waals surface area contributed by atoms with Gasteiger partial charge in [0.05, 0.1) is 12.2 Å². The molecule has 94 valence electrons. The molecule has 0 amide bonds. The van der Waals surface area contributed by atoms with Gasteiger partial charge in [0.2, 0.25) is 0 Å². The van der Waals surface area contributed by atoms with Gasteiger partial charge in [-0.1, -0.05) is 13.8 Å². The van der Waals surface area contributed by atoms with E-state index in [4.69, 9.17) is 4.74 Å². The smallest absolute Gasteiger partial charge is 0.0859 e. The molecule has 0 radical (unpaired) electrons. The van der Waals surface area contributed by atoms with E-state index in [1.807, 2.05) is 0 Å². The molecular formula is C13H26N2O. The molecule has 1 unspecified atom stereocenters. The third-order valence-corrected chi connectivity index (χ3v) is 4.00. The lowest BCUT2D eigenvalue weighted by molar-refractivity contribution is -0.116. The van der Waals surface area contributed by atoms with Gasteiger partial charge in [0.25, 0.3) is 0 Å². The second-order valence-electron chi connectivity index (χ2n) is 5.64. The van der Waals surface area contributed by atoms with Crippen molar-refractivity contribution in [3.63, 3.8) is 0 Å². The molecule has 3 heteroatoms. The predicted molar refractivity (Wildman–Crippen MR) is 66.6 cm³/mol. The van der Waals surface area contributed by atoms with Crippen molar-refractivity contribution in [3.8, 4) is 0 Å². The molecule has 0 aromatic rings. The highest BCUT2D eigenvalue weighted by Crippen LogP contribution is 2.32. The zero-order chi connectivity index (χ0) is 11.4. The first-order valence-corrected chi connectivity index (χ1v) is 6.81. The number of nitrogens with one attached hydrogen (secondary N) is 2. The van der Waals surface area contributed by atoms with E-state index >= 15 is 0 Å². The lowest BCUT2D eigenvalue weighted by atomic mass is 9.80. The number of rotatable bonds is 3. The fourth-order valence-electron chi connectivity index (χ4n) is 2.98. The molecule has 2 aliphatic rings. The summed E-state index contributed by atoms with van der Waals surface area (Å²) in [7, 11) is 0. The number of morpholine rings is 1. The Morgan fingerprint density at radius 3 is 2.69 bits per heavy atom. The van der Waals surface area contributed by atoms with E-state index in [0.717, 1.165) is 32.2 Å². The highest BCUT2D eigenvalue weighted by molar-refractivity contribution is 4.98. The first kappa shape index (κ1) is 12.3. The van der Waals surface area contributed by atoms with Crippen molar-refractivity contribution in [1.29, 1.82) is 0 Å². The van der Waals surface area contributed by atoms with Crippen molar-refractivity contribution in [2.75, 3.05) is 26.2 Å². The van der Waals surface area contributed by atoms with Gasteiger partial charge in [0, 0.05) is 12.6 Å². The van der Waals surface area contributed by atoms with E-state index < -0.39 is 0 Å². The van der Waals surface area contributed by atoms with Gasteiger partial charge in [-0.25, -0.2) is 0 Å². The van der Waals surface area contributed by atoms with E-state index in [0.29, 0.717) is 6.04 Å². The van der Waals surface area contributed by atoms with Gasteiger partial charge < -0.3 is 15.4 Å². The van der Waals surface area contributed by atoms with Crippen LogP contribution < -0.4 is 10.6 Å². The van der Waals surface area contributed by atoms with Gasteiger partial charge in [-0.3, -0.25) is 0 Å². The molecule has 2 heterocycles. The van der Waals surface area contributed by atoms with Gasteiger partial charge in [-0.05, 0) is 44.7 Å². The highest BCUT2D eigenvalue weighted by Gasteiger charge is 2.42. The molecule has 2 fully saturated rings. The summed E-state index contributed by atoms with van der Waals surface area (Å²) in [5.41, 5.74) is 0.137. The van der Waals surface area contributed by atoms with E-state index in [2.05, 4.69) is 24.5 Å². The summed E-state index contributed by atoms with van der Waals surface area (Å²) < 4.78 is 6.15. The van der Waals surface area contributed by atoms with Gasteiger partial charge in [0.15, 0.2) is 0 Å². The van der Waals surface area contributed by atoms with Crippen LogP contribution in [0.5, 0.6) is 0 Å². The number of hydrogen-bond acceptors (Lipinski definition) is 3. The molecule has 0 saturated carbocycles. The molecule has 3 nitrogen and oxygen atoms in total. The zero-order valence-corrected chi connectivity index (χ0v) is 10.7. The van der Waals surface area contributed by atoms with Crippen LogP contribution in [0.2, 0.25) is 0 Å². The molecule has 0 bridgehead atoms. The van der Waals surface area contributed by atoms with Gasteiger partial charge in [-0.15, -0.1) is 0 Å². The monoisotopic (exact) mass is 226 g/mol. The van der Waals surface area contributed by atoms with E-state index in [1.54, 1.807) is 0 Å². The van der Waals surface area contributed by atoms with E-state index in [9.17, 15) is 0 Å². The van der Waals surface area contributed by atoms with Crippen molar-refractivity contribution in [1.82, 2.24) is 10.6 Å². The average Bonchev–Trinajstić information content (AvgIpc) is 2.29. The highest BCUT2D eigenvalue weighted by atomic mass is 16.5. The van der Waals surface area contributed by atoms with Gasteiger partial charge in [0.1, 0.15) is 0 Å². The van der Waals surface area contributed by atoms with Crippen LogP contribution in [-0.2, 0) is 4.74 Å². The lowest BCUT2D eigenvalue weighted by Crippen LogP contribution is -2.61. The Morgan fingerprint density at radius 2 is 2.00 bits per heavy atom. The summed E-state index contributed by atoms with van der Waals surface area (Å²) in [4.78, 5) is 0. The van der Waals surface area contributed by atoms with E-state index in [1.165, 1.54) is 25.7 Å². The van der Waals surface area contributed by atoms with Crippen molar-refractivity contribution in [2.24, 2.45) is 5.92 Å². The molecule has 1 spiro atoms. The topological polar surface area (TPSA) is 33.3 Å². The summed E-state index contributed by atoms with van der Waals surface area (Å²) in [6, 6.07) is 0.575. The molecule has 0 aromatic heterocycles. The molecule has 1 atom stereocenters. The van der Waals surface area contributed by atoms with Crippen molar-refractivity contribution >= 4 is 0 Å². The molecule has 2 saturated heterocycles. The van der Waals surface area contributed by atoms with Crippen LogP contribution in [0.1, 0.15) is 39.5 Å². The minimum Gasteiger partial charge on any atom is -0.372 e. The minimum atomic E-state index is 0.137. The number of ether oxygens (including phenoxy) is 1. The van der Waals surface area contributed by atoms with Gasteiger partial charge in [-0.2, -0.15) is 0 Å².